The van der Waals surface area contributed by atoms with Crippen molar-refractivity contribution < 1.29 is 13.2 Å². The van der Waals surface area contributed by atoms with Crippen LogP contribution in [0.2, 0.25) is 5.02 Å². The second kappa shape index (κ2) is 8.78. The highest BCUT2D eigenvalue weighted by molar-refractivity contribution is 7.89. The molecule has 31 heavy (non-hydrogen) atoms. The minimum Gasteiger partial charge on any atom is -0.495 e. The zero-order valence-electron chi connectivity index (χ0n) is 17.6. The third-order valence-corrected chi connectivity index (χ3v) is 8.54. The van der Waals surface area contributed by atoms with Crippen LogP contribution in [0.25, 0.3) is 11.3 Å². The summed E-state index contributed by atoms with van der Waals surface area (Å²) in [5, 5.41) is 3.35. The van der Waals surface area contributed by atoms with E-state index in [1.807, 2.05) is 0 Å². The smallest absolute Gasteiger partial charge is 0.246 e. The van der Waals surface area contributed by atoms with E-state index >= 15 is 0 Å². The van der Waals surface area contributed by atoms with Crippen molar-refractivity contribution in [1.29, 1.82) is 0 Å². The summed E-state index contributed by atoms with van der Waals surface area (Å²) in [7, 11) is -2.25. The molecule has 0 spiro atoms. The van der Waals surface area contributed by atoms with Crippen LogP contribution in [0.3, 0.4) is 0 Å². The molecule has 0 atom stereocenters. The summed E-state index contributed by atoms with van der Waals surface area (Å²) < 4.78 is 33.1. The molecule has 0 unspecified atom stereocenters. The molecule has 6 nitrogen and oxygen atoms in total. The molecule has 1 fully saturated rings. The largest absolute Gasteiger partial charge is 0.495 e. The monoisotopic (exact) mass is 477 g/mol. The molecule has 2 heterocycles. The summed E-state index contributed by atoms with van der Waals surface area (Å²) in [4.78, 5) is 7.09. The molecule has 0 aliphatic carbocycles. The Hall–Kier alpha value is -2.13. The van der Waals surface area contributed by atoms with E-state index in [1.165, 1.54) is 34.2 Å². The van der Waals surface area contributed by atoms with E-state index in [9.17, 15) is 8.42 Å². The van der Waals surface area contributed by atoms with E-state index in [4.69, 9.17) is 21.3 Å². The van der Waals surface area contributed by atoms with E-state index in [1.54, 1.807) is 23.5 Å². The third kappa shape index (κ3) is 4.30. The van der Waals surface area contributed by atoms with Crippen LogP contribution in [0.15, 0.2) is 46.7 Å². The van der Waals surface area contributed by atoms with Crippen LogP contribution in [0.5, 0.6) is 5.75 Å². The molecule has 0 bridgehead atoms. The molecule has 1 aliphatic heterocycles. The van der Waals surface area contributed by atoms with Gasteiger partial charge < -0.3 is 9.64 Å². The van der Waals surface area contributed by atoms with Crippen molar-refractivity contribution in [3.05, 3.63) is 57.9 Å². The molecule has 3 aromatic rings. The maximum atomic E-state index is 13.2. The first-order valence-corrected chi connectivity index (χ1v) is 12.6. The lowest BCUT2D eigenvalue weighted by Crippen LogP contribution is -2.48. The second-order valence-corrected chi connectivity index (χ2v) is 10.6. The van der Waals surface area contributed by atoms with E-state index in [0.717, 1.165) is 10.8 Å². The number of aromatic nitrogens is 1. The lowest BCUT2D eigenvalue weighted by molar-refractivity contribution is 0.374. The molecule has 0 saturated carbocycles. The molecule has 1 saturated heterocycles. The molecule has 4 rings (SSSR count). The molecule has 0 radical (unpaired) electrons. The van der Waals surface area contributed by atoms with Gasteiger partial charge >= 0.3 is 0 Å². The van der Waals surface area contributed by atoms with Gasteiger partial charge in [-0.2, -0.15) is 4.31 Å². The lowest BCUT2D eigenvalue weighted by atomic mass is 10.0. The van der Waals surface area contributed by atoms with E-state index in [-0.39, 0.29) is 4.90 Å². The first-order valence-electron chi connectivity index (χ1n) is 9.92. The first kappa shape index (κ1) is 22.1. The molecule has 0 amide bonds. The van der Waals surface area contributed by atoms with E-state index in [0.29, 0.717) is 37.0 Å². The number of rotatable bonds is 5. The summed E-state index contributed by atoms with van der Waals surface area (Å²) in [6.45, 7) is 6.07. The number of halogens is 1. The topological polar surface area (TPSA) is 62.7 Å². The van der Waals surface area contributed by atoms with Crippen LogP contribution in [0.1, 0.15) is 11.1 Å². The van der Waals surface area contributed by atoms with Gasteiger partial charge in [0.25, 0.3) is 0 Å². The van der Waals surface area contributed by atoms with Gasteiger partial charge in [-0.25, -0.2) is 13.4 Å². The molecular weight excluding hydrogens is 454 g/mol. The Kier molecular flexibility index (Phi) is 6.25. The molecule has 1 aromatic heterocycles. The van der Waals surface area contributed by atoms with Crippen LogP contribution in [-0.4, -0.2) is 51.0 Å². The molecule has 1 aliphatic rings. The van der Waals surface area contributed by atoms with Gasteiger partial charge in [0.15, 0.2) is 5.13 Å². The summed E-state index contributed by atoms with van der Waals surface area (Å²) in [5.41, 5.74) is 4.53. The Morgan fingerprint density at radius 2 is 1.74 bits per heavy atom. The fourth-order valence-electron chi connectivity index (χ4n) is 3.85. The zero-order chi connectivity index (χ0) is 22.2. The normalized spacial score (nSPS) is 15.3. The average Bonchev–Trinajstić information content (AvgIpc) is 3.23. The van der Waals surface area contributed by atoms with Crippen molar-refractivity contribution in [2.75, 3.05) is 38.2 Å². The second-order valence-electron chi connectivity index (χ2n) is 7.47. The number of anilines is 1. The first-order chi connectivity index (χ1) is 14.8. The highest BCUT2D eigenvalue weighted by Crippen LogP contribution is 2.33. The van der Waals surface area contributed by atoms with Crippen LogP contribution >= 0.6 is 22.9 Å². The third-order valence-electron chi connectivity index (χ3n) is 5.48. The van der Waals surface area contributed by atoms with Crippen molar-refractivity contribution in [2.45, 2.75) is 18.7 Å². The fourth-order valence-corrected chi connectivity index (χ4v) is 6.56. The molecular formula is C22H24ClN3O3S2. The summed E-state index contributed by atoms with van der Waals surface area (Å²) >= 11 is 7.63. The van der Waals surface area contributed by atoms with Gasteiger partial charge in [0.1, 0.15) is 10.6 Å². The Morgan fingerprint density at radius 1 is 1.06 bits per heavy atom. The minimum atomic E-state index is -3.70. The van der Waals surface area contributed by atoms with Crippen molar-refractivity contribution in [3.8, 4) is 17.0 Å². The highest BCUT2D eigenvalue weighted by Gasteiger charge is 2.32. The number of ether oxygens (including phenoxy) is 1. The maximum absolute atomic E-state index is 13.2. The minimum absolute atomic E-state index is 0.0995. The number of methoxy groups -OCH3 is 1. The number of sulfonamides is 1. The quantitative estimate of drug-likeness (QED) is 0.537. The number of nitrogens with zero attached hydrogens (tertiary/aromatic N) is 3. The number of thiazole rings is 1. The SMILES string of the molecule is COc1ccc(Cl)cc1S(=O)(=O)N1CCN(c2nc(-c3c(C)cccc3C)cs2)CC1. The van der Waals surface area contributed by atoms with Crippen LogP contribution in [0, 0.1) is 13.8 Å². The van der Waals surface area contributed by atoms with Gasteiger partial charge in [-0.15, -0.1) is 11.3 Å². The van der Waals surface area contributed by atoms with Gasteiger partial charge in [0.05, 0.1) is 12.8 Å². The number of hydrogen-bond acceptors (Lipinski definition) is 6. The van der Waals surface area contributed by atoms with Crippen LogP contribution in [-0.2, 0) is 10.0 Å². The average molecular weight is 478 g/mol. The van der Waals surface area contributed by atoms with Gasteiger partial charge in [-0.05, 0) is 43.2 Å². The molecule has 0 N–H and O–H groups in total. The number of piperazine rings is 1. The Bertz CT molecular complexity index is 1180. The Morgan fingerprint density at radius 3 is 2.39 bits per heavy atom. The van der Waals surface area contributed by atoms with Gasteiger partial charge in [-0.1, -0.05) is 29.8 Å². The molecule has 2 aromatic carbocycles. The lowest BCUT2D eigenvalue weighted by Gasteiger charge is -2.34. The highest BCUT2D eigenvalue weighted by atomic mass is 35.5. The number of aryl methyl sites for hydroxylation is 2. The van der Waals surface area contributed by atoms with E-state index < -0.39 is 10.0 Å². The maximum Gasteiger partial charge on any atom is 0.246 e. The summed E-state index contributed by atoms with van der Waals surface area (Å²) in [5.74, 6) is 0.296. The fraction of sp³-hybridized carbons (Fsp3) is 0.318. The predicted molar refractivity (Wildman–Crippen MR) is 126 cm³/mol. The van der Waals surface area contributed by atoms with Crippen molar-refractivity contribution in [1.82, 2.24) is 9.29 Å². The number of benzene rings is 2. The van der Waals surface area contributed by atoms with Crippen molar-refractivity contribution in [3.63, 3.8) is 0 Å². The standard InChI is InChI=1S/C22H24ClN3O3S2/c1-15-5-4-6-16(2)21(15)18-14-30-22(24-18)25-9-11-26(12-10-25)31(27,28)20-13-17(23)7-8-19(20)29-3/h4-8,13-14H,9-12H2,1-3H3. The van der Waals surface area contributed by atoms with Gasteiger partial charge in [0.2, 0.25) is 10.0 Å². The van der Waals surface area contributed by atoms with Gasteiger partial charge in [-0.3, -0.25) is 0 Å². The number of hydrogen-bond donors (Lipinski definition) is 0. The predicted octanol–water partition coefficient (Wildman–Crippen LogP) is 4.60. The van der Waals surface area contributed by atoms with Crippen molar-refractivity contribution in [2.24, 2.45) is 0 Å². The molecule has 164 valence electrons. The molecule has 9 heteroatoms. The van der Waals surface area contributed by atoms with Gasteiger partial charge in [0, 0.05) is 42.1 Å². The van der Waals surface area contributed by atoms with Crippen LogP contribution < -0.4 is 9.64 Å². The zero-order valence-corrected chi connectivity index (χ0v) is 20.0. The summed E-state index contributed by atoms with van der Waals surface area (Å²) in [6.07, 6.45) is 0. The Balaban J connectivity index is 1.51. The van der Waals surface area contributed by atoms with Crippen molar-refractivity contribution >= 4 is 38.1 Å². The summed E-state index contributed by atoms with van der Waals surface area (Å²) in [6, 6.07) is 10.9. The van der Waals surface area contributed by atoms with Crippen LogP contribution in [0.4, 0.5) is 5.13 Å². The Labute approximate surface area is 192 Å². The van der Waals surface area contributed by atoms with E-state index in [2.05, 4.69) is 42.3 Å².